The van der Waals surface area contributed by atoms with Crippen LogP contribution in [0.25, 0.3) is 22.9 Å². The van der Waals surface area contributed by atoms with E-state index in [1.165, 1.54) is 17.4 Å². The van der Waals surface area contributed by atoms with E-state index >= 15 is 0 Å². The molecule has 0 saturated carbocycles. The molecule has 6 nitrogen and oxygen atoms in total. The van der Waals surface area contributed by atoms with Crippen molar-refractivity contribution in [2.45, 2.75) is 0 Å². The minimum Gasteiger partial charge on any atom is -0.383 e. The molecular weight excluding hydrogens is 348 g/mol. The Hall–Kier alpha value is -3.50. The van der Waals surface area contributed by atoms with E-state index in [4.69, 9.17) is 0 Å². The van der Waals surface area contributed by atoms with Gasteiger partial charge >= 0.3 is 0 Å². The summed E-state index contributed by atoms with van der Waals surface area (Å²) in [5.41, 5.74) is 3.09. The third-order valence-electron chi connectivity index (χ3n) is 3.72. The zero-order valence-electron chi connectivity index (χ0n) is 13.8. The Bertz CT molecular complexity index is 1020. The minimum absolute atomic E-state index is 0.0392. The molecule has 3 rings (SSSR count). The molecule has 0 atom stereocenters. The molecule has 0 radical (unpaired) electrons. The zero-order chi connectivity index (χ0) is 18.5. The number of nitro groups is 1. The molecule has 1 heterocycles. The van der Waals surface area contributed by atoms with Crippen LogP contribution in [-0.4, -0.2) is 17.0 Å². The number of hydrogen-bond donors (Lipinski definition) is 1. The first-order valence-electron chi connectivity index (χ1n) is 7.71. The summed E-state index contributed by atoms with van der Waals surface area (Å²) in [5, 5.41) is 25.9. The van der Waals surface area contributed by atoms with E-state index in [0.717, 1.165) is 11.3 Å². The van der Waals surface area contributed by atoms with Crippen molar-refractivity contribution < 1.29 is 4.92 Å². The van der Waals surface area contributed by atoms with Crippen LogP contribution < -0.4 is 5.32 Å². The Morgan fingerprint density at radius 1 is 1.31 bits per heavy atom. The highest BCUT2D eigenvalue weighted by Gasteiger charge is 2.14. The fourth-order valence-electron chi connectivity index (χ4n) is 2.45. The molecule has 1 aromatic heterocycles. The highest BCUT2D eigenvalue weighted by Crippen LogP contribution is 2.29. The van der Waals surface area contributed by atoms with Crippen molar-refractivity contribution in [3.8, 4) is 17.3 Å². The Labute approximate surface area is 154 Å². The van der Waals surface area contributed by atoms with Gasteiger partial charge in [0.05, 0.1) is 16.2 Å². The second-order valence-corrected chi connectivity index (χ2v) is 6.22. The molecule has 0 fully saturated rings. The average molecular weight is 362 g/mol. The number of rotatable bonds is 5. The van der Waals surface area contributed by atoms with Crippen LogP contribution in [0.5, 0.6) is 0 Å². The smallest absolute Gasteiger partial charge is 0.292 e. The van der Waals surface area contributed by atoms with Gasteiger partial charge in [-0.05, 0) is 17.7 Å². The molecule has 26 heavy (non-hydrogen) atoms. The SMILES string of the molecule is CNc1ccc(C=C(C#N)c2nc(-c3ccccc3)cs2)cc1[N+](=O)[O-]. The number of allylic oxidation sites excluding steroid dienone is 1. The van der Waals surface area contributed by atoms with Gasteiger partial charge in [-0.25, -0.2) is 4.98 Å². The summed E-state index contributed by atoms with van der Waals surface area (Å²) >= 11 is 1.37. The number of nitrogens with zero attached hydrogens (tertiary/aromatic N) is 3. The molecule has 0 amide bonds. The van der Waals surface area contributed by atoms with E-state index < -0.39 is 4.92 Å². The Morgan fingerprint density at radius 2 is 2.08 bits per heavy atom. The molecule has 0 unspecified atom stereocenters. The van der Waals surface area contributed by atoms with Crippen LogP contribution in [0.2, 0.25) is 0 Å². The van der Waals surface area contributed by atoms with Crippen LogP contribution in [-0.2, 0) is 0 Å². The fourth-order valence-corrected chi connectivity index (χ4v) is 3.24. The van der Waals surface area contributed by atoms with Gasteiger partial charge in [0, 0.05) is 24.1 Å². The monoisotopic (exact) mass is 362 g/mol. The van der Waals surface area contributed by atoms with Gasteiger partial charge in [0.25, 0.3) is 5.69 Å². The van der Waals surface area contributed by atoms with Crippen LogP contribution in [0, 0.1) is 21.4 Å². The molecule has 0 aliphatic carbocycles. The summed E-state index contributed by atoms with van der Waals surface area (Å²) in [6.07, 6.45) is 1.61. The number of anilines is 1. The lowest BCUT2D eigenvalue weighted by Crippen LogP contribution is -1.96. The molecule has 0 spiro atoms. The van der Waals surface area contributed by atoms with E-state index in [2.05, 4.69) is 16.4 Å². The highest BCUT2D eigenvalue weighted by atomic mass is 32.1. The summed E-state index contributed by atoms with van der Waals surface area (Å²) in [5.74, 6) is 0. The first kappa shape index (κ1) is 17.3. The van der Waals surface area contributed by atoms with Gasteiger partial charge in [-0.2, -0.15) is 5.26 Å². The number of aromatic nitrogens is 1. The number of nitro benzene ring substituents is 1. The normalized spacial score (nSPS) is 11.0. The summed E-state index contributed by atoms with van der Waals surface area (Å²) in [4.78, 5) is 15.3. The van der Waals surface area contributed by atoms with Crippen molar-refractivity contribution in [3.05, 3.63) is 74.6 Å². The van der Waals surface area contributed by atoms with E-state index in [1.54, 1.807) is 25.3 Å². The van der Waals surface area contributed by atoms with Gasteiger partial charge in [-0.1, -0.05) is 36.4 Å². The molecule has 0 aliphatic rings. The Morgan fingerprint density at radius 3 is 2.73 bits per heavy atom. The molecule has 128 valence electrons. The second-order valence-electron chi connectivity index (χ2n) is 5.36. The summed E-state index contributed by atoms with van der Waals surface area (Å²) in [6, 6.07) is 16.6. The van der Waals surface area contributed by atoms with Crippen molar-refractivity contribution in [2.24, 2.45) is 0 Å². The number of nitriles is 1. The van der Waals surface area contributed by atoms with Crippen LogP contribution in [0.4, 0.5) is 11.4 Å². The maximum absolute atomic E-state index is 11.2. The first-order valence-corrected chi connectivity index (χ1v) is 8.59. The number of nitrogens with one attached hydrogen (secondary N) is 1. The molecule has 0 aliphatic heterocycles. The van der Waals surface area contributed by atoms with Gasteiger partial charge in [0.1, 0.15) is 16.8 Å². The van der Waals surface area contributed by atoms with E-state index in [1.807, 2.05) is 35.7 Å². The molecular formula is C19H14N4O2S. The third kappa shape index (κ3) is 3.61. The van der Waals surface area contributed by atoms with Crippen molar-refractivity contribution in [1.29, 1.82) is 5.26 Å². The quantitative estimate of drug-likeness (QED) is 0.399. The van der Waals surface area contributed by atoms with Crippen molar-refractivity contribution in [2.75, 3.05) is 12.4 Å². The number of thiazole rings is 1. The fraction of sp³-hybridized carbons (Fsp3) is 0.0526. The van der Waals surface area contributed by atoms with Crippen LogP contribution in [0.15, 0.2) is 53.9 Å². The largest absolute Gasteiger partial charge is 0.383 e. The van der Waals surface area contributed by atoms with E-state index in [9.17, 15) is 15.4 Å². The van der Waals surface area contributed by atoms with Gasteiger partial charge in [-0.15, -0.1) is 11.3 Å². The second kappa shape index (κ2) is 7.59. The lowest BCUT2D eigenvalue weighted by Gasteiger charge is -2.03. The maximum Gasteiger partial charge on any atom is 0.292 e. The third-order valence-corrected chi connectivity index (χ3v) is 4.60. The first-order chi connectivity index (χ1) is 12.6. The summed E-state index contributed by atoms with van der Waals surface area (Å²) in [6.45, 7) is 0. The summed E-state index contributed by atoms with van der Waals surface area (Å²) < 4.78 is 0. The molecule has 2 aromatic carbocycles. The standard InChI is InChI=1S/C19H14N4O2S/c1-21-16-8-7-13(10-18(16)23(24)25)9-15(11-20)19-22-17(12-26-19)14-5-3-2-4-6-14/h2-10,12,21H,1H3. The minimum atomic E-state index is -0.452. The lowest BCUT2D eigenvalue weighted by atomic mass is 10.1. The molecule has 1 N–H and O–H groups in total. The van der Waals surface area contributed by atoms with Crippen molar-refractivity contribution >= 4 is 34.4 Å². The Balaban J connectivity index is 1.97. The van der Waals surface area contributed by atoms with Crippen LogP contribution in [0.1, 0.15) is 10.6 Å². The summed E-state index contributed by atoms with van der Waals surface area (Å²) in [7, 11) is 1.62. The van der Waals surface area contributed by atoms with Crippen LogP contribution in [0.3, 0.4) is 0 Å². The number of benzene rings is 2. The lowest BCUT2D eigenvalue weighted by molar-refractivity contribution is -0.383. The predicted molar refractivity (Wildman–Crippen MR) is 104 cm³/mol. The van der Waals surface area contributed by atoms with Gasteiger partial charge in [0.15, 0.2) is 0 Å². The predicted octanol–water partition coefficient (Wildman–Crippen LogP) is 4.82. The molecule has 3 aromatic rings. The molecule has 0 saturated heterocycles. The molecule has 7 heteroatoms. The Kier molecular flexibility index (Phi) is 5.06. The zero-order valence-corrected chi connectivity index (χ0v) is 14.7. The highest BCUT2D eigenvalue weighted by molar-refractivity contribution is 7.11. The molecule has 0 bridgehead atoms. The average Bonchev–Trinajstić information content (AvgIpc) is 3.16. The van der Waals surface area contributed by atoms with Crippen molar-refractivity contribution in [1.82, 2.24) is 4.98 Å². The topological polar surface area (TPSA) is 91.8 Å². The van der Waals surface area contributed by atoms with E-state index in [0.29, 0.717) is 21.8 Å². The van der Waals surface area contributed by atoms with Crippen molar-refractivity contribution in [3.63, 3.8) is 0 Å². The maximum atomic E-state index is 11.2. The van der Waals surface area contributed by atoms with Gasteiger partial charge in [-0.3, -0.25) is 10.1 Å². The van der Waals surface area contributed by atoms with Crippen LogP contribution >= 0.6 is 11.3 Å². The van der Waals surface area contributed by atoms with Gasteiger partial charge in [0.2, 0.25) is 0 Å². The van der Waals surface area contributed by atoms with Gasteiger partial charge < -0.3 is 5.32 Å². The van der Waals surface area contributed by atoms with E-state index in [-0.39, 0.29) is 5.69 Å². The number of hydrogen-bond acceptors (Lipinski definition) is 6.